The molecular weight excluding hydrogens is 288 g/mol. The lowest BCUT2D eigenvalue weighted by atomic mass is 9.61. The van der Waals surface area contributed by atoms with E-state index in [-0.39, 0.29) is 0 Å². The van der Waals surface area contributed by atoms with Crippen molar-refractivity contribution >= 4 is 11.5 Å². The Morgan fingerprint density at radius 1 is 1.43 bits per heavy atom. The van der Waals surface area contributed by atoms with Crippen molar-refractivity contribution in [3.63, 3.8) is 0 Å². The quantitative estimate of drug-likeness (QED) is 0.581. The van der Waals surface area contributed by atoms with E-state index in [4.69, 9.17) is 11.1 Å². The summed E-state index contributed by atoms with van der Waals surface area (Å²) >= 11 is 0. The summed E-state index contributed by atoms with van der Waals surface area (Å²) in [5.41, 5.74) is 8.74. The van der Waals surface area contributed by atoms with Crippen molar-refractivity contribution in [1.82, 2.24) is 15.1 Å². The average molecular weight is 314 g/mol. The van der Waals surface area contributed by atoms with Crippen LogP contribution in [0.3, 0.4) is 0 Å². The molecule has 6 heteroatoms. The number of amidine groups is 1. The van der Waals surface area contributed by atoms with E-state index in [2.05, 4.69) is 15.4 Å². The maximum atomic E-state index is 8.15. The zero-order valence-corrected chi connectivity index (χ0v) is 14.0. The molecule has 2 aliphatic rings. The van der Waals surface area contributed by atoms with Crippen molar-refractivity contribution in [2.75, 3.05) is 13.1 Å². The highest BCUT2D eigenvalue weighted by Crippen LogP contribution is 2.49. The number of allylic oxidation sites excluding steroid dienone is 1. The van der Waals surface area contributed by atoms with Crippen LogP contribution < -0.4 is 11.1 Å². The monoisotopic (exact) mass is 314 g/mol. The molecule has 0 amide bonds. The molecule has 1 aliphatic heterocycles. The lowest BCUT2D eigenvalue weighted by Gasteiger charge is -2.48. The Morgan fingerprint density at radius 2 is 2.13 bits per heavy atom. The van der Waals surface area contributed by atoms with Crippen LogP contribution >= 0.6 is 0 Å². The van der Waals surface area contributed by atoms with Crippen LogP contribution in [0.4, 0.5) is 0 Å². The van der Waals surface area contributed by atoms with Crippen molar-refractivity contribution in [2.24, 2.45) is 23.2 Å². The second-order valence-corrected chi connectivity index (χ2v) is 6.91. The standard InChI is InChI=1S/C17H26N6/c1-12-11-21-23(2)16(12)14(18)3-4-15(19)22-13-9-17(10-13)5-7-20-8-6-17/h3-4,11,13,18,20H,5-10H2,1-2H3,(H2,19,22)/b4-3-,18-14?. The number of nitrogens with one attached hydrogen (secondary N) is 2. The summed E-state index contributed by atoms with van der Waals surface area (Å²) in [4.78, 5) is 4.60. The van der Waals surface area contributed by atoms with Crippen LogP contribution in [0.5, 0.6) is 0 Å². The zero-order valence-electron chi connectivity index (χ0n) is 14.0. The molecular formula is C17H26N6. The average Bonchev–Trinajstić information content (AvgIpc) is 2.83. The second kappa shape index (κ2) is 6.28. The molecule has 0 atom stereocenters. The number of aliphatic imine (C=N–C) groups is 1. The normalized spacial score (nSPS) is 21.7. The van der Waals surface area contributed by atoms with Gasteiger partial charge in [-0.05, 0) is 68.8 Å². The van der Waals surface area contributed by atoms with Gasteiger partial charge in [0.25, 0.3) is 0 Å². The van der Waals surface area contributed by atoms with Gasteiger partial charge in [-0.15, -0.1) is 0 Å². The maximum absolute atomic E-state index is 8.15. The Balaban J connectivity index is 1.57. The predicted octanol–water partition coefficient (Wildman–Crippen LogP) is 1.54. The van der Waals surface area contributed by atoms with Crippen molar-refractivity contribution in [1.29, 1.82) is 5.41 Å². The molecule has 0 aromatic carbocycles. The van der Waals surface area contributed by atoms with Crippen LogP contribution in [0.2, 0.25) is 0 Å². The Bertz CT molecular complexity index is 621. The largest absolute Gasteiger partial charge is 0.384 e. The second-order valence-electron chi connectivity index (χ2n) is 6.91. The van der Waals surface area contributed by atoms with Gasteiger partial charge in [-0.3, -0.25) is 15.1 Å². The fourth-order valence-corrected chi connectivity index (χ4v) is 3.83. The molecule has 2 heterocycles. The summed E-state index contributed by atoms with van der Waals surface area (Å²) in [6.45, 7) is 4.22. The van der Waals surface area contributed by atoms with Gasteiger partial charge in [-0.1, -0.05) is 0 Å². The van der Waals surface area contributed by atoms with Gasteiger partial charge in [0.15, 0.2) is 0 Å². The molecule has 124 valence electrons. The molecule has 6 nitrogen and oxygen atoms in total. The van der Waals surface area contributed by atoms with Crippen LogP contribution in [0.15, 0.2) is 23.3 Å². The topological polar surface area (TPSA) is 92.1 Å². The van der Waals surface area contributed by atoms with Crippen LogP contribution in [0, 0.1) is 17.7 Å². The summed E-state index contributed by atoms with van der Waals surface area (Å²) in [5, 5.41) is 15.7. The SMILES string of the molecule is Cc1cnn(C)c1C(=N)/C=C\C(N)=NC1CC2(CCNCC2)C1. The number of hydrogen-bond donors (Lipinski definition) is 3. The van der Waals surface area contributed by atoms with Gasteiger partial charge >= 0.3 is 0 Å². The Morgan fingerprint density at radius 3 is 2.74 bits per heavy atom. The highest BCUT2D eigenvalue weighted by molar-refractivity contribution is 6.09. The van der Waals surface area contributed by atoms with E-state index in [1.54, 1.807) is 23.0 Å². The van der Waals surface area contributed by atoms with Gasteiger partial charge in [-0.25, -0.2) is 0 Å². The Hall–Kier alpha value is -1.95. The first-order valence-electron chi connectivity index (χ1n) is 8.29. The molecule has 1 aliphatic carbocycles. The van der Waals surface area contributed by atoms with Gasteiger partial charge in [-0.2, -0.15) is 5.10 Å². The summed E-state index contributed by atoms with van der Waals surface area (Å²) in [7, 11) is 1.84. The van der Waals surface area contributed by atoms with Crippen molar-refractivity contribution in [2.45, 2.75) is 38.6 Å². The first-order valence-corrected chi connectivity index (χ1v) is 8.29. The predicted molar refractivity (Wildman–Crippen MR) is 93.1 cm³/mol. The summed E-state index contributed by atoms with van der Waals surface area (Å²) in [6.07, 6.45) is 10.0. The maximum Gasteiger partial charge on any atom is 0.118 e. The van der Waals surface area contributed by atoms with Crippen molar-refractivity contribution in [3.05, 3.63) is 29.6 Å². The molecule has 3 rings (SSSR count). The van der Waals surface area contributed by atoms with Gasteiger partial charge in [0, 0.05) is 7.05 Å². The van der Waals surface area contributed by atoms with Crippen LogP contribution in [-0.2, 0) is 7.05 Å². The molecule has 0 bridgehead atoms. The molecule has 2 fully saturated rings. The van der Waals surface area contributed by atoms with Crippen LogP contribution in [0.25, 0.3) is 0 Å². The molecule has 1 saturated heterocycles. The fourth-order valence-electron chi connectivity index (χ4n) is 3.83. The number of aryl methyl sites for hydroxylation is 2. The van der Waals surface area contributed by atoms with E-state index in [0.29, 0.717) is 23.0 Å². The summed E-state index contributed by atoms with van der Waals surface area (Å²) in [5.74, 6) is 0.517. The molecule has 0 unspecified atom stereocenters. The van der Waals surface area contributed by atoms with Crippen LogP contribution in [0.1, 0.15) is 36.9 Å². The molecule has 1 aromatic heterocycles. The van der Waals surface area contributed by atoms with Crippen molar-refractivity contribution in [3.8, 4) is 0 Å². The van der Waals surface area contributed by atoms with Gasteiger partial charge < -0.3 is 11.1 Å². The van der Waals surface area contributed by atoms with E-state index < -0.39 is 0 Å². The highest BCUT2D eigenvalue weighted by Gasteiger charge is 2.44. The minimum absolute atomic E-state index is 0.352. The van der Waals surface area contributed by atoms with E-state index >= 15 is 0 Å². The third kappa shape index (κ3) is 3.37. The molecule has 1 aromatic rings. The summed E-state index contributed by atoms with van der Waals surface area (Å²) in [6, 6.07) is 0.352. The smallest absolute Gasteiger partial charge is 0.118 e. The third-order valence-electron chi connectivity index (χ3n) is 5.13. The summed E-state index contributed by atoms with van der Waals surface area (Å²) < 4.78 is 1.71. The molecule has 1 saturated carbocycles. The minimum Gasteiger partial charge on any atom is -0.384 e. The van der Waals surface area contributed by atoms with E-state index in [0.717, 1.165) is 37.2 Å². The molecule has 0 radical (unpaired) electrons. The van der Waals surface area contributed by atoms with Gasteiger partial charge in [0.05, 0.1) is 23.6 Å². The zero-order chi connectivity index (χ0) is 16.4. The molecule has 1 spiro atoms. The van der Waals surface area contributed by atoms with E-state index in [1.807, 2.05) is 14.0 Å². The number of piperidine rings is 1. The first-order chi connectivity index (χ1) is 11.0. The van der Waals surface area contributed by atoms with Crippen molar-refractivity contribution < 1.29 is 0 Å². The number of rotatable bonds is 4. The number of aromatic nitrogens is 2. The van der Waals surface area contributed by atoms with E-state index in [9.17, 15) is 0 Å². The van der Waals surface area contributed by atoms with Gasteiger partial charge in [0.2, 0.25) is 0 Å². The van der Waals surface area contributed by atoms with E-state index in [1.165, 1.54) is 12.8 Å². The Kier molecular flexibility index (Phi) is 4.35. The number of hydrogen-bond acceptors (Lipinski definition) is 4. The number of nitrogens with two attached hydrogens (primary N) is 1. The highest BCUT2D eigenvalue weighted by atomic mass is 15.3. The third-order valence-corrected chi connectivity index (χ3v) is 5.13. The van der Waals surface area contributed by atoms with Crippen LogP contribution in [-0.4, -0.2) is 40.5 Å². The minimum atomic E-state index is 0.352. The lowest BCUT2D eigenvalue weighted by molar-refractivity contribution is 0.0645. The van der Waals surface area contributed by atoms with Gasteiger partial charge in [0.1, 0.15) is 5.84 Å². The lowest BCUT2D eigenvalue weighted by Crippen LogP contribution is -2.47. The number of nitrogens with zero attached hydrogens (tertiary/aromatic N) is 3. The molecule has 23 heavy (non-hydrogen) atoms. The first kappa shape index (κ1) is 15.9. The molecule has 4 N–H and O–H groups in total. The fraction of sp³-hybridized carbons (Fsp3) is 0.588. The Labute approximate surface area is 137 Å².